The van der Waals surface area contributed by atoms with Crippen molar-refractivity contribution in [3.8, 4) is 0 Å². The van der Waals surface area contributed by atoms with Crippen molar-refractivity contribution in [2.75, 3.05) is 13.6 Å². The van der Waals surface area contributed by atoms with Crippen LogP contribution < -0.4 is 16.0 Å². The highest BCUT2D eigenvalue weighted by atomic mass is 16.2. The lowest BCUT2D eigenvalue weighted by molar-refractivity contribution is -0.141. The predicted molar refractivity (Wildman–Crippen MR) is 147 cm³/mol. The van der Waals surface area contributed by atoms with Crippen LogP contribution in [0.25, 0.3) is 0 Å². The number of aryl methyl sites for hydroxylation is 1. The number of hydrogen-bond acceptors (Lipinski definition) is 4. The Bertz CT molecular complexity index is 1040. The highest BCUT2D eigenvalue weighted by Crippen LogP contribution is 2.17. The highest BCUT2D eigenvalue weighted by Gasteiger charge is 2.32. The third-order valence-electron chi connectivity index (χ3n) is 7.51. The molecule has 3 rings (SSSR count). The third kappa shape index (κ3) is 7.89. The first-order valence-electron chi connectivity index (χ1n) is 13.5. The number of carbonyl (C=O) groups excluding carboxylic acids is 3. The van der Waals surface area contributed by atoms with Gasteiger partial charge in [0.05, 0.1) is 6.04 Å². The first kappa shape index (κ1) is 28.4. The summed E-state index contributed by atoms with van der Waals surface area (Å²) in [5.41, 5.74) is 3.39. The molecule has 2 aromatic rings. The average molecular weight is 507 g/mol. The molecule has 37 heavy (non-hydrogen) atoms. The largest absolute Gasteiger partial charge is 0.354 e. The van der Waals surface area contributed by atoms with E-state index in [1.54, 1.807) is 14.0 Å². The minimum absolute atomic E-state index is 0.0936. The monoisotopic (exact) mass is 506 g/mol. The fourth-order valence-electron chi connectivity index (χ4n) is 4.67. The Morgan fingerprint density at radius 1 is 0.946 bits per heavy atom. The van der Waals surface area contributed by atoms with E-state index in [1.165, 1.54) is 16.0 Å². The van der Waals surface area contributed by atoms with Crippen LogP contribution in [0, 0.1) is 5.92 Å². The molecule has 7 heteroatoms. The Kier molecular flexibility index (Phi) is 10.7. The number of nitrogens with zero attached hydrogens (tertiary/aromatic N) is 1. The molecular weight excluding hydrogens is 464 g/mol. The molecule has 1 heterocycles. The number of fused-ring (bicyclic) bond motifs is 1. The van der Waals surface area contributed by atoms with Crippen molar-refractivity contribution in [1.29, 1.82) is 0 Å². The van der Waals surface area contributed by atoms with Gasteiger partial charge in [-0.1, -0.05) is 74.9 Å². The Balaban J connectivity index is 1.87. The molecule has 0 bridgehead atoms. The van der Waals surface area contributed by atoms with Crippen molar-refractivity contribution in [2.24, 2.45) is 5.92 Å². The van der Waals surface area contributed by atoms with E-state index in [0.717, 1.165) is 31.2 Å². The summed E-state index contributed by atoms with van der Waals surface area (Å²) in [6, 6.07) is 16.1. The lowest BCUT2D eigenvalue weighted by Crippen LogP contribution is -2.57. The third-order valence-corrected chi connectivity index (χ3v) is 7.51. The lowest BCUT2D eigenvalue weighted by Gasteiger charge is -2.32. The second kappa shape index (κ2) is 13.9. The highest BCUT2D eigenvalue weighted by molar-refractivity contribution is 5.93. The van der Waals surface area contributed by atoms with Crippen LogP contribution in [-0.2, 0) is 33.8 Å². The standard InChI is InChI=1S/C30H42N4O3/c1-5-21(2)27-30(37)34(4)22(3)28(35)33-26(19-23-13-7-6-8-14-23)29(36)31-18-12-11-16-24-15-9-10-17-25(24)20-32-27/h6-10,13-15,17,21-22,26-27,32H,5,11-12,16,18-20H2,1-4H3,(H,31,36)(H,33,35). The zero-order chi connectivity index (χ0) is 26.8. The fourth-order valence-corrected chi connectivity index (χ4v) is 4.67. The normalized spacial score (nSPS) is 23.4. The second-order valence-corrected chi connectivity index (χ2v) is 10.1. The van der Waals surface area contributed by atoms with Crippen LogP contribution in [0.15, 0.2) is 54.6 Å². The minimum atomic E-state index is -0.727. The van der Waals surface area contributed by atoms with Crippen molar-refractivity contribution < 1.29 is 14.4 Å². The Labute approximate surface area is 221 Å². The molecule has 0 fully saturated rings. The molecule has 7 nitrogen and oxygen atoms in total. The van der Waals surface area contributed by atoms with Crippen LogP contribution in [0.2, 0.25) is 0 Å². The zero-order valence-corrected chi connectivity index (χ0v) is 22.6. The molecule has 2 aromatic carbocycles. The van der Waals surface area contributed by atoms with E-state index in [2.05, 4.69) is 41.9 Å². The van der Waals surface area contributed by atoms with Gasteiger partial charge in [-0.3, -0.25) is 14.4 Å². The van der Waals surface area contributed by atoms with Gasteiger partial charge in [-0.25, -0.2) is 0 Å². The Morgan fingerprint density at radius 3 is 2.32 bits per heavy atom. The van der Waals surface area contributed by atoms with Crippen LogP contribution in [0.3, 0.4) is 0 Å². The second-order valence-electron chi connectivity index (χ2n) is 10.1. The summed E-state index contributed by atoms with van der Waals surface area (Å²) in [6.07, 6.45) is 3.88. The van der Waals surface area contributed by atoms with Crippen LogP contribution in [-0.4, -0.2) is 54.3 Å². The van der Waals surface area contributed by atoms with Gasteiger partial charge in [0.25, 0.3) is 0 Å². The number of amides is 3. The molecular formula is C30H42N4O3. The van der Waals surface area contributed by atoms with Gasteiger partial charge in [-0.2, -0.15) is 0 Å². The first-order chi connectivity index (χ1) is 17.8. The molecule has 3 amide bonds. The van der Waals surface area contributed by atoms with Crippen molar-refractivity contribution in [3.63, 3.8) is 0 Å². The van der Waals surface area contributed by atoms with Gasteiger partial charge >= 0.3 is 0 Å². The minimum Gasteiger partial charge on any atom is -0.354 e. The summed E-state index contributed by atoms with van der Waals surface area (Å²) < 4.78 is 0. The summed E-state index contributed by atoms with van der Waals surface area (Å²) in [4.78, 5) is 41.5. The lowest BCUT2D eigenvalue weighted by atomic mass is 9.96. The molecule has 0 saturated carbocycles. The van der Waals surface area contributed by atoms with Gasteiger partial charge < -0.3 is 20.9 Å². The van der Waals surface area contributed by atoms with Crippen LogP contribution in [0.1, 0.15) is 56.7 Å². The maximum atomic E-state index is 13.6. The van der Waals surface area contributed by atoms with E-state index in [-0.39, 0.29) is 23.6 Å². The molecule has 3 N–H and O–H groups in total. The molecule has 0 saturated heterocycles. The quantitative estimate of drug-likeness (QED) is 0.594. The number of rotatable bonds is 4. The Hall–Kier alpha value is -3.19. The zero-order valence-electron chi connectivity index (χ0n) is 22.6. The van der Waals surface area contributed by atoms with Crippen molar-refractivity contribution in [3.05, 3.63) is 71.3 Å². The maximum Gasteiger partial charge on any atom is 0.243 e. The Morgan fingerprint density at radius 2 is 1.62 bits per heavy atom. The summed E-state index contributed by atoms with van der Waals surface area (Å²) in [7, 11) is 1.66. The van der Waals surface area contributed by atoms with Gasteiger partial charge in [0.2, 0.25) is 17.7 Å². The topological polar surface area (TPSA) is 90.5 Å². The molecule has 4 unspecified atom stereocenters. The van der Waals surface area contributed by atoms with Crippen LogP contribution >= 0.6 is 0 Å². The number of hydrogen-bond donors (Lipinski definition) is 3. The van der Waals surface area contributed by atoms with Gasteiger partial charge in [-0.15, -0.1) is 0 Å². The average Bonchev–Trinajstić information content (AvgIpc) is 2.92. The first-order valence-corrected chi connectivity index (χ1v) is 13.5. The van der Waals surface area contributed by atoms with Crippen LogP contribution in [0.4, 0.5) is 0 Å². The fraction of sp³-hybridized carbons (Fsp3) is 0.500. The molecule has 0 radical (unpaired) electrons. The molecule has 0 aliphatic carbocycles. The van der Waals surface area contributed by atoms with Gasteiger partial charge in [0, 0.05) is 26.6 Å². The van der Waals surface area contributed by atoms with E-state index in [4.69, 9.17) is 0 Å². The number of benzene rings is 2. The smallest absolute Gasteiger partial charge is 0.243 e. The van der Waals surface area contributed by atoms with Gasteiger partial charge in [0.1, 0.15) is 12.1 Å². The molecule has 0 spiro atoms. The SMILES string of the molecule is CCC(C)C1NCc2ccccc2CCCCNC(=O)C(Cc2ccccc2)NC(=O)C(C)N(C)C1=O. The number of carbonyl (C=O) groups is 3. The van der Waals surface area contributed by atoms with E-state index in [9.17, 15) is 14.4 Å². The van der Waals surface area contributed by atoms with Crippen molar-refractivity contribution in [1.82, 2.24) is 20.9 Å². The molecule has 200 valence electrons. The summed E-state index contributed by atoms with van der Waals surface area (Å²) in [5, 5.41) is 9.42. The molecule has 0 aromatic heterocycles. The van der Waals surface area contributed by atoms with E-state index >= 15 is 0 Å². The van der Waals surface area contributed by atoms with E-state index in [1.807, 2.05) is 42.5 Å². The summed E-state index contributed by atoms with van der Waals surface area (Å²) >= 11 is 0. The predicted octanol–water partition coefficient (Wildman–Crippen LogP) is 3.22. The molecule has 1 aliphatic heterocycles. The number of likely N-dealkylation sites (N-methyl/N-ethyl adjacent to an activating group) is 1. The van der Waals surface area contributed by atoms with Gasteiger partial charge in [0.15, 0.2) is 0 Å². The van der Waals surface area contributed by atoms with Crippen molar-refractivity contribution >= 4 is 17.7 Å². The van der Waals surface area contributed by atoms with Crippen molar-refractivity contribution in [2.45, 2.75) is 77.5 Å². The van der Waals surface area contributed by atoms with E-state index in [0.29, 0.717) is 19.5 Å². The number of nitrogens with one attached hydrogen (secondary N) is 3. The molecule has 1 aliphatic rings. The molecule has 4 atom stereocenters. The van der Waals surface area contributed by atoms with E-state index < -0.39 is 18.1 Å². The van der Waals surface area contributed by atoms with Crippen LogP contribution in [0.5, 0.6) is 0 Å². The maximum absolute atomic E-state index is 13.6. The summed E-state index contributed by atoms with van der Waals surface area (Å²) in [5.74, 6) is -0.578. The van der Waals surface area contributed by atoms with Gasteiger partial charge in [-0.05, 0) is 48.8 Å². The summed E-state index contributed by atoms with van der Waals surface area (Å²) in [6.45, 7) is 6.97.